The molecule has 0 saturated carbocycles. The van der Waals surface area contributed by atoms with Gasteiger partial charge in [0.1, 0.15) is 0 Å². The van der Waals surface area contributed by atoms with Gasteiger partial charge in [-0.2, -0.15) is 0 Å². The van der Waals surface area contributed by atoms with Crippen molar-refractivity contribution in [1.82, 2.24) is 0 Å². The smallest absolute Gasteiger partial charge is 0.326 e. The number of hydrogen-bond acceptors (Lipinski definition) is 5. The molecule has 2 aliphatic heterocycles. The molecule has 6 heteroatoms. The topological polar surface area (TPSA) is 79.2 Å². The third-order valence-electron chi connectivity index (χ3n) is 3.78. The minimum Gasteiger partial charge on any atom is -0.465 e. The van der Waals surface area contributed by atoms with E-state index in [9.17, 15) is 14.8 Å². The molecule has 0 bridgehead atoms. The van der Waals surface area contributed by atoms with Crippen LogP contribution in [0.3, 0.4) is 0 Å². The zero-order valence-corrected chi connectivity index (χ0v) is 11.7. The van der Waals surface area contributed by atoms with E-state index >= 15 is 0 Å². The predicted molar refractivity (Wildman–Crippen MR) is 75.1 cm³/mol. The molecule has 6 nitrogen and oxygen atoms in total. The van der Waals surface area contributed by atoms with Crippen molar-refractivity contribution in [1.29, 1.82) is 0 Å². The minimum absolute atomic E-state index is 0.170. The Morgan fingerprint density at radius 1 is 1.43 bits per heavy atom. The molecule has 1 atom stereocenters. The van der Waals surface area contributed by atoms with E-state index in [1.807, 2.05) is 0 Å². The maximum Gasteiger partial charge on any atom is 0.326 e. The van der Waals surface area contributed by atoms with Gasteiger partial charge < -0.3 is 4.74 Å². The highest BCUT2D eigenvalue weighted by molar-refractivity contribution is 6.32. The van der Waals surface area contributed by atoms with E-state index in [1.165, 1.54) is 13.1 Å². The minimum atomic E-state index is -1.51. The van der Waals surface area contributed by atoms with Crippen LogP contribution in [0.25, 0.3) is 0 Å². The lowest BCUT2D eigenvalue weighted by atomic mass is 9.79. The highest BCUT2D eigenvalue weighted by atomic mass is 16.5. The number of ether oxygens (including phenoxy) is 1. The Bertz CT molecular complexity index is 707. The average Bonchev–Trinajstić information content (AvgIpc) is 2.74. The van der Waals surface area contributed by atoms with Gasteiger partial charge in [0.15, 0.2) is 5.41 Å². The lowest BCUT2D eigenvalue weighted by Gasteiger charge is -2.28. The number of aliphatic imine (C=N–C) groups is 1. The van der Waals surface area contributed by atoms with Gasteiger partial charge in [0.05, 0.1) is 18.0 Å². The van der Waals surface area contributed by atoms with E-state index in [2.05, 4.69) is 4.99 Å². The van der Waals surface area contributed by atoms with Crippen LogP contribution < -0.4 is 5.06 Å². The summed E-state index contributed by atoms with van der Waals surface area (Å²) in [7, 11) is 0. The molecule has 1 aromatic rings. The van der Waals surface area contributed by atoms with Crippen LogP contribution in [0.2, 0.25) is 0 Å². The quantitative estimate of drug-likeness (QED) is 0.661. The van der Waals surface area contributed by atoms with Crippen molar-refractivity contribution in [3.63, 3.8) is 0 Å². The summed E-state index contributed by atoms with van der Waals surface area (Å²) in [4.78, 5) is 28.5. The van der Waals surface area contributed by atoms with Crippen LogP contribution in [-0.2, 0) is 14.3 Å². The van der Waals surface area contributed by atoms with Gasteiger partial charge in [-0.25, -0.2) is 10.1 Å². The molecule has 0 aromatic heterocycles. The summed E-state index contributed by atoms with van der Waals surface area (Å²) in [6.45, 7) is 3.31. The summed E-state index contributed by atoms with van der Waals surface area (Å²) < 4.78 is 5.00. The number of esters is 1. The van der Waals surface area contributed by atoms with Crippen molar-refractivity contribution in [2.75, 3.05) is 11.7 Å². The zero-order chi connectivity index (χ0) is 15.2. The summed E-state index contributed by atoms with van der Waals surface area (Å²) in [5.74, 6) is -1.24. The second kappa shape index (κ2) is 4.53. The lowest BCUT2D eigenvalue weighted by Crippen LogP contribution is -2.39. The number of hydrogen-bond donors (Lipinski definition) is 1. The normalized spacial score (nSPS) is 23.2. The monoisotopic (exact) mass is 286 g/mol. The molecule has 0 aliphatic carbocycles. The number of carbonyl (C=O) groups excluding carboxylic acids is 2. The van der Waals surface area contributed by atoms with E-state index in [4.69, 9.17) is 4.74 Å². The first kappa shape index (κ1) is 13.5. The molecule has 3 rings (SSSR count). The molecule has 2 heterocycles. The molecule has 108 valence electrons. The largest absolute Gasteiger partial charge is 0.465 e. The highest BCUT2D eigenvalue weighted by Crippen LogP contribution is 2.43. The highest BCUT2D eigenvalue weighted by Gasteiger charge is 2.54. The number of fused-ring (bicyclic) bond motifs is 3. The Morgan fingerprint density at radius 2 is 2.14 bits per heavy atom. The van der Waals surface area contributed by atoms with Crippen molar-refractivity contribution in [2.45, 2.75) is 13.8 Å². The van der Waals surface area contributed by atoms with Gasteiger partial charge in [0.25, 0.3) is 5.91 Å². The number of amides is 1. The van der Waals surface area contributed by atoms with Crippen LogP contribution in [0.4, 0.5) is 5.69 Å². The summed E-state index contributed by atoms with van der Waals surface area (Å²) >= 11 is 0. The molecule has 0 fully saturated rings. The molecule has 2 aliphatic rings. The molecule has 0 saturated heterocycles. The zero-order valence-electron chi connectivity index (χ0n) is 11.7. The third kappa shape index (κ3) is 1.72. The van der Waals surface area contributed by atoms with Crippen molar-refractivity contribution >= 4 is 23.3 Å². The Hall–Kier alpha value is -2.47. The number of para-hydroxylation sites is 1. The van der Waals surface area contributed by atoms with E-state index in [1.54, 1.807) is 31.2 Å². The second-order valence-electron chi connectivity index (χ2n) is 5.02. The van der Waals surface area contributed by atoms with Crippen LogP contribution >= 0.6 is 0 Å². The van der Waals surface area contributed by atoms with Crippen molar-refractivity contribution in [3.8, 4) is 0 Å². The van der Waals surface area contributed by atoms with Crippen molar-refractivity contribution in [3.05, 3.63) is 41.6 Å². The maximum absolute atomic E-state index is 12.3. The van der Waals surface area contributed by atoms with E-state index in [-0.39, 0.29) is 6.61 Å². The van der Waals surface area contributed by atoms with Gasteiger partial charge in [0, 0.05) is 17.3 Å². The first-order valence-corrected chi connectivity index (χ1v) is 6.60. The van der Waals surface area contributed by atoms with Crippen LogP contribution in [-0.4, -0.2) is 29.4 Å². The van der Waals surface area contributed by atoms with Crippen molar-refractivity contribution < 1.29 is 19.5 Å². The molecular weight excluding hydrogens is 272 g/mol. The molecule has 1 aromatic carbocycles. The molecule has 1 amide bonds. The third-order valence-corrected chi connectivity index (χ3v) is 3.78. The average molecular weight is 286 g/mol. The number of carbonyl (C=O) groups is 2. The number of anilines is 1. The molecule has 1 N–H and O–H groups in total. The Kier molecular flexibility index (Phi) is 2.91. The fraction of sp³-hybridized carbons (Fsp3) is 0.267. The molecule has 21 heavy (non-hydrogen) atoms. The second-order valence-corrected chi connectivity index (χ2v) is 5.02. The SMILES string of the molecule is CCOC(=O)C1(C)C(=O)N=C2C1=CN(O)c1ccccc12. The summed E-state index contributed by atoms with van der Waals surface area (Å²) in [6.07, 6.45) is 1.35. The Labute approximate surface area is 121 Å². The predicted octanol–water partition coefficient (Wildman–Crippen LogP) is 1.68. The van der Waals surface area contributed by atoms with Crippen LogP contribution in [0.5, 0.6) is 0 Å². The number of benzene rings is 1. The van der Waals surface area contributed by atoms with Crippen molar-refractivity contribution in [2.24, 2.45) is 10.4 Å². The van der Waals surface area contributed by atoms with Gasteiger partial charge in [-0.15, -0.1) is 0 Å². The molecule has 0 spiro atoms. The van der Waals surface area contributed by atoms with Crippen LogP contribution in [0.15, 0.2) is 41.0 Å². The Balaban J connectivity index is 2.15. The standard InChI is InChI=1S/C15H14N2O4/c1-3-21-14(19)15(2)10-8-17(20)11-7-5-4-6-9(11)12(10)16-13(15)18/h4-8,20H,3H2,1-2H3. The molecule has 1 unspecified atom stereocenters. The summed E-state index contributed by atoms with van der Waals surface area (Å²) in [5.41, 5.74) is 0.378. The first-order valence-electron chi connectivity index (χ1n) is 6.60. The van der Waals surface area contributed by atoms with Gasteiger partial charge in [-0.05, 0) is 19.9 Å². The fourth-order valence-electron chi connectivity index (χ4n) is 2.56. The van der Waals surface area contributed by atoms with Gasteiger partial charge in [0.2, 0.25) is 0 Å². The van der Waals surface area contributed by atoms with Crippen LogP contribution in [0, 0.1) is 5.41 Å². The number of rotatable bonds is 2. The summed E-state index contributed by atoms with van der Waals surface area (Å²) in [6, 6.07) is 7.00. The number of hydroxylamine groups is 1. The number of nitrogens with zero attached hydrogens (tertiary/aromatic N) is 2. The van der Waals surface area contributed by atoms with E-state index < -0.39 is 17.3 Å². The maximum atomic E-state index is 12.3. The summed E-state index contributed by atoms with van der Waals surface area (Å²) in [5, 5.41) is 11.0. The van der Waals surface area contributed by atoms with Gasteiger partial charge >= 0.3 is 5.97 Å². The van der Waals surface area contributed by atoms with E-state index in [0.29, 0.717) is 22.5 Å². The van der Waals surface area contributed by atoms with E-state index in [0.717, 1.165) is 5.06 Å². The lowest BCUT2D eigenvalue weighted by molar-refractivity contribution is -0.155. The molecular formula is C15H14N2O4. The Morgan fingerprint density at radius 3 is 2.86 bits per heavy atom. The van der Waals surface area contributed by atoms with Gasteiger partial charge in [-0.3, -0.25) is 14.8 Å². The van der Waals surface area contributed by atoms with Crippen LogP contribution in [0.1, 0.15) is 19.4 Å². The fourth-order valence-corrected chi connectivity index (χ4v) is 2.56. The van der Waals surface area contributed by atoms with Gasteiger partial charge in [-0.1, -0.05) is 18.2 Å². The molecule has 0 radical (unpaired) electrons. The first-order chi connectivity index (χ1) is 10.00.